The van der Waals surface area contributed by atoms with Gasteiger partial charge in [0.15, 0.2) is 0 Å². The zero-order valence-corrected chi connectivity index (χ0v) is 12.1. The van der Waals surface area contributed by atoms with E-state index in [2.05, 4.69) is 15.6 Å². The molecule has 2 amide bonds. The first-order valence-electron chi connectivity index (χ1n) is 6.18. The number of aromatic nitrogens is 1. The van der Waals surface area contributed by atoms with Gasteiger partial charge in [0, 0.05) is 12.2 Å². The summed E-state index contributed by atoms with van der Waals surface area (Å²) in [7, 11) is 0. The first-order chi connectivity index (χ1) is 9.85. The number of aliphatic carboxylic acids is 1. The molecule has 0 aliphatic carbocycles. The van der Waals surface area contributed by atoms with Crippen LogP contribution in [0.1, 0.15) is 13.3 Å². The predicted octanol–water partition coefficient (Wildman–Crippen LogP) is 1.64. The van der Waals surface area contributed by atoms with E-state index in [9.17, 15) is 14.7 Å². The summed E-state index contributed by atoms with van der Waals surface area (Å²) in [5.74, 6) is -1.13. The molecular weight excluding hydrogens is 294 g/mol. The molecule has 0 saturated carbocycles. The number of benzene rings is 1. The first kappa shape index (κ1) is 15.2. The SMILES string of the molecule is CC(O)(CNC(=O)Nc1ccc2ncsc2c1)CC(=O)O. The van der Waals surface area contributed by atoms with E-state index in [0.29, 0.717) is 5.69 Å². The number of carboxylic acids is 1. The van der Waals surface area contributed by atoms with Gasteiger partial charge in [0.2, 0.25) is 0 Å². The molecule has 1 atom stereocenters. The van der Waals surface area contributed by atoms with Gasteiger partial charge >= 0.3 is 12.0 Å². The van der Waals surface area contributed by atoms with Crippen molar-refractivity contribution in [3.05, 3.63) is 23.7 Å². The van der Waals surface area contributed by atoms with Gasteiger partial charge in [-0.1, -0.05) is 0 Å². The number of fused-ring (bicyclic) bond motifs is 1. The summed E-state index contributed by atoms with van der Waals surface area (Å²) >= 11 is 1.46. The number of rotatable bonds is 5. The number of amides is 2. The van der Waals surface area contributed by atoms with Crippen molar-refractivity contribution in [3.63, 3.8) is 0 Å². The van der Waals surface area contributed by atoms with Crippen LogP contribution in [0.4, 0.5) is 10.5 Å². The molecule has 0 aliphatic rings. The third-order valence-electron chi connectivity index (χ3n) is 2.75. The lowest BCUT2D eigenvalue weighted by Gasteiger charge is -2.21. The fourth-order valence-corrected chi connectivity index (χ4v) is 2.48. The van der Waals surface area contributed by atoms with Crippen LogP contribution in [-0.2, 0) is 4.79 Å². The molecule has 2 rings (SSSR count). The number of thiazole rings is 1. The third-order valence-corrected chi connectivity index (χ3v) is 3.54. The second-order valence-electron chi connectivity index (χ2n) is 4.91. The lowest BCUT2D eigenvalue weighted by atomic mass is 10.0. The van der Waals surface area contributed by atoms with E-state index in [-0.39, 0.29) is 6.54 Å². The molecule has 0 radical (unpaired) electrons. The largest absolute Gasteiger partial charge is 0.481 e. The normalized spacial score (nSPS) is 13.6. The fourth-order valence-electron chi connectivity index (χ4n) is 1.77. The van der Waals surface area contributed by atoms with E-state index in [1.807, 2.05) is 0 Å². The van der Waals surface area contributed by atoms with E-state index >= 15 is 0 Å². The van der Waals surface area contributed by atoms with Crippen LogP contribution in [0.25, 0.3) is 10.2 Å². The van der Waals surface area contributed by atoms with Crippen molar-refractivity contribution in [1.82, 2.24) is 10.3 Å². The van der Waals surface area contributed by atoms with Crippen LogP contribution >= 0.6 is 11.3 Å². The average molecular weight is 309 g/mol. The summed E-state index contributed by atoms with van der Waals surface area (Å²) in [6.45, 7) is 1.19. The van der Waals surface area contributed by atoms with Crippen molar-refractivity contribution >= 4 is 39.2 Å². The Hall–Kier alpha value is -2.19. The van der Waals surface area contributed by atoms with Gasteiger partial charge in [-0.15, -0.1) is 11.3 Å². The highest BCUT2D eigenvalue weighted by Gasteiger charge is 2.24. The fraction of sp³-hybridized carbons (Fsp3) is 0.308. The number of hydrogen-bond donors (Lipinski definition) is 4. The summed E-state index contributed by atoms with van der Waals surface area (Å²) in [5.41, 5.74) is 1.68. The zero-order chi connectivity index (χ0) is 15.5. The molecule has 1 heterocycles. The maximum atomic E-state index is 11.7. The molecule has 0 bridgehead atoms. The Morgan fingerprint density at radius 1 is 1.43 bits per heavy atom. The molecule has 1 aromatic carbocycles. The van der Waals surface area contributed by atoms with Gasteiger partial charge in [-0.05, 0) is 25.1 Å². The molecule has 0 fully saturated rings. The number of hydrogen-bond acceptors (Lipinski definition) is 5. The molecule has 1 aromatic heterocycles. The molecule has 7 nitrogen and oxygen atoms in total. The molecule has 0 spiro atoms. The first-order valence-corrected chi connectivity index (χ1v) is 7.06. The van der Waals surface area contributed by atoms with E-state index < -0.39 is 24.0 Å². The van der Waals surface area contributed by atoms with Crippen molar-refractivity contribution in [3.8, 4) is 0 Å². The minimum Gasteiger partial charge on any atom is -0.481 e. The Bertz CT molecular complexity index is 668. The van der Waals surface area contributed by atoms with Crippen LogP contribution in [0.2, 0.25) is 0 Å². The Labute approximate surface area is 124 Å². The van der Waals surface area contributed by atoms with Gasteiger partial charge in [-0.25, -0.2) is 9.78 Å². The van der Waals surface area contributed by atoms with Gasteiger partial charge in [0.25, 0.3) is 0 Å². The van der Waals surface area contributed by atoms with Crippen molar-refractivity contribution < 1.29 is 19.8 Å². The minimum absolute atomic E-state index is 0.159. The van der Waals surface area contributed by atoms with Crippen LogP contribution in [0.15, 0.2) is 23.7 Å². The van der Waals surface area contributed by atoms with Crippen molar-refractivity contribution in [2.45, 2.75) is 18.9 Å². The number of urea groups is 1. The highest BCUT2D eigenvalue weighted by molar-refractivity contribution is 7.16. The molecular formula is C13H15N3O4S. The predicted molar refractivity (Wildman–Crippen MR) is 79.5 cm³/mol. The molecule has 1 unspecified atom stereocenters. The number of anilines is 1. The Kier molecular flexibility index (Phi) is 4.39. The maximum absolute atomic E-state index is 11.7. The second kappa shape index (κ2) is 6.06. The number of carbonyl (C=O) groups excluding carboxylic acids is 1. The van der Waals surface area contributed by atoms with Crippen LogP contribution in [-0.4, -0.2) is 39.3 Å². The van der Waals surface area contributed by atoms with Crippen LogP contribution in [0, 0.1) is 0 Å². The van der Waals surface area contributed by atoms with Crippen LogP contribution in [0.3, 0.4) is 0 Å². The molecule has 8 heteroatoms. The van der Waals surface area contributed by atoms with Crippen LogP contribution in [0.5, 0.6) is 0 Å². The highest BCUT2D eigenvalue weighted by atomic mass is 32.1. The summed E-state index contributed by atoms with van der Waals surface area (Å²) < 4.78 is 0.950. The smallest absolute Gasteiger partial charge is 0.319 e. The Morgan fingerprint density at radius 2 is 2.19 bits per heavy atom. The molecule has 112 valence electrons. The van der Waals surface area contributed by atoms with Gasteiger partial charge in [0.1, 0.15) is 0 Å². The molecule has 0 aliphatic heterocycles. The van der Waals surface area contributed by atoms with Gasteiger partial charge in [-0.3, -0.25) is 4.79 Å². The van der Waals surface area contributed by atoms with E-state index in [0.717, 1.165) is 10.2 Å². The number of carbonyl (C=O) groups is 2. The van der Waals surface area contributed by atoms with Crippen LogP contribution < -0.4 is 10.6 Å². The van der Waals surface area contributed by atoms with Gasteiger partial charge in [0.05, 0.1) is 27.7 Å². The number of carboxylic acid groups (broad SMARTS) is 1. The Balaban J connectivity index is 1.90. The van der Waals surface area contributed by atoms with Gasteiger partial charge < -0.3 is 20.8 Å². The standard InChI is InChI=1S/C13H15N3O4S/c1-13(20,5-11(17)18)6-14-12(19)16-8-2-3-9-10(4-8)21-7-15-9/h2-4,7,20H,5-6H2,1H3,(H,17,18)(H2,14,16,19). The summed E-state index contributed by atoms with van der Waals surface area (Å²) in [4.78, 5) is 26.4. The monoisotopic (exact) mass is 309 g/mol. The Morgan fingerprint density at radius 3 is 2.90 bits per heavy atom. The maximum Gasteiger partial charge on any atom is 0.319 e. The molecule has 4 N–H and O–H groups in total. The van der Waals surface area contributed by atoms with Crippen molar-refractivity contribution in [2.24, 2.45) is 0 Å². The zero-order valence-electron chi connectivity index (χ0n) is 11.3. The lowest BCUT2D eigenvalue weighted by molar-refractivity contribution is -0.141. The van der Waals surface area contributed by atoms with Crippen molar-refractivity contribution in [1.29, 1.82) is 0 Å². The van der Waals surface area contributed by atoms with Gasteiger partial charge in [-0.2, -0.15) is 0 Å². The summed E-state index contributed by atoms with van der Waals surface area (Å²) in [5, 5.41) is 23.5. The van der Waals surface area contributed by atoms with Crippen molar-refractivity contribution in [2.75, 3.05) is 11.9 Å². The number of aliphatic hydroxyl groups is 1. The van der Waals surface area contributed by atoms with E-state index in [1.54, 1.807) is 23.7 Å². The summed E-state index contributed by atoms with van der Waals surface area (Å²) in [6, 6.07) is 4.80. The third kappa shape index (κ3) is 4.40. The van der Waals surface area contributed by atoms with E-state index in [1.165, 1.54) is 18.3 Å². The number of nitrogens with one attached hydrogen (secondary N) is 2. The molecule has 21 heavy (non-hydrogen) atoms. The minimum atomic E-state index is -1.50. The molecule has 2 aromatic rings. The quantitative estimate of drug-likeness (QED) is 0.671. The lowest BCUT2D eigenvalue weighted by Crippen LogP contribution is -2.43. The topological polar surface area (TPSA) is 112 Å². The molecule has 0 saturated heterocycles. The number of nitrogens with zero attached hydrogens (tertiary/aromatic N) is 1. The second-order valence-corrected chi connectivity index (χ2v) is 5.80. The average Bonchev–Trinajstić information content (AvgIpc) is 2.82. The summed E-state index contributed by atoms with van der Waals surface area (Å²) in [6.07, 6.45) is -0.444. The highest BCUT2D eigenvalue weighted by Crippen LogP contribution is 2.21. The van der Waals surface area contributed by atoms with E-state index in [4.69, 9.17) is 5.11 Å².